The first-order valence-corrected chi connectivity index (χ1v) is 13.8. The minimum Gasteiger partial charge on any atom is -0.507 e. The number of hydrogen-bond acceptors (Lipinski definition) is 6. The zero-order chi connectivity index (χ0) is 27.6. The van der Waals surface area contributed by atoms with E-state index in [2.05, 4.69) is 15.2 Å². The number of amides is 1. The van der Waals surface area contributed by atoms with Crippen LogP contribution < -0.4 is 5.32 Å². The van der Waals surface area contributed by atoms with Gasteiger partial charge in [-0.05, 0) is 56.5 Å². The van der Waals surface area contributed by atoms with Crippen LogP contribution in [0.1, 0.15) is 67.1 Å². The molecule has 6 nitrogen and oxygen atoms in total. The van der Waals surface area contributed by atoms with Crippen LogP contribution in [0.3, 0.4) is 0 Å². The molecule has 0 radical (unpaired) electrons. The summed E-state index contributed by atoms with van der Waals surface area (Å²) >= 11 is 7.26. The van der Waals surface area contributed by atoms with E-state index in [0.29, 0.717) is 47.4 Å². The van der Waals surface area contributed by atoms with E-state index in [4.69, 9.17) is 16.3 Å². The molecule has 1 aliphatic rings. The number of nitrogens with zero attached hydrogens (tertiary/aromatic N) is 2. The van der Waals surface area contributed by atoms with E-state index in [9.17, 15) is 23.1 Å². The molecule has 1 aromatic heterocycles. The van der Waals surface area contributed by atoms with Crippen LogP contribution in [0.5, 0.6) is 5.75 Å². The topological polar surface area (TPSA) is 74.7 Å². The Morgan fingerprint density at radius 2 is 1.89 bits per heavy atom. The summed E-state index contributed by atoms with van der Waals surface area (Å²) in [6.45, 7) is 7.70. The van der Waals surface area contributed by atoms with Gasteiger partial charge >= 0.3 is 6.18 Å². The maximum absolute atomic E-state index is 13.5. The van der Waals surface area contributed by atoms with E-state index >= 15 is 0 Å². The number of hydrogen-bond donors (Lipinski definition) is 2. The van der Waals surface area contributed by atoms with E-state index in [1.807, 2.05) is 20.8 Å². The van der Waals surface area contributed by atoms with Crippen LogP contribution in [-0.4, -0.2) is 46.2 Å². The van der Waals surface area contributed by atoms with Crippen molar-refractivity contribution in [2.24, 2.45) is 0 Å². The molecule has 1 amide bonds. The minimum absolute atomic E-state index is 0.0275. The van der Waals surface area contributed by atoms with Crippen molar-refractivity contribution in [2.45, 2.75) is 71.4 Å². The second-order valence-corrected chi connectivity index (χ2v) is 11.3. The zero-order valence-electron chi connectivity index (χ0n) is 21.5. The van der Waals surface area contributed by atoms with E-state index < -0.39 is 17.6 Å². The molecule has 1 saturated heterocycles. The van der Waals surface area contributed by atoms with Gasteiger partial charge in [0.05, 0.1) is 33.6 Å². The summed E-state index contributed by atoms with van der Waals surface area (Å²) in [5.74, 6) is -0.836. The van der Waals surface area contributed by atoms with Gasteiger partial charge in [-0.3, -0.25) is 15.0 Å². The predicted molar refractivity (Wildman–Crippen MR) is 144 cm³/mol. The lowest BCUT2D eigenvalue weighted by atomic mass is 10.0. The highest BCUT2D eigenvalue weighted by atomic mass is 35.5. The van der Waals surface area contributed by atoms with E-state index in [1.54, 1.807) is 6.07 Å². The number of aromatic hydroxyl groups is 1. The second-order valence-electron chi connectivity index (χ2n) is 9.82. The van der Waals surface area contributed by atoms with Crippen LogP contribution in [0.15, 0.2) is 24.3 Å². The van der Waals surface area contributed by atoms with Gasteiger partial charge in [-0.25, -0.2) is 4.98 Å². The number of carbonyl (C=O) groups is 1. The van der Waals surface area contributed by atoms with Gasteiger partial charge < -0.3 is 9.84 Å². The summed E-state index contributed by atoms with van der Waals surface area (Å²) in [5, 5.41) is 14.0. The molecule has 11 heteroatoms. The number of halogens is 4. The number of aryl methyl sites for hydroxylation is 1. The monoisotopic (exact) mass is 569 g/mol. The van der Waals surface area contributed by atoms with Crippen molar-refractivity contribution >= 4 is 44.2 Å². The van der Waals surface area contributed by atoms with Crippen molar-refractivity contribution in [3.05, 3.63) is 51.5 Å². The molecule has 2 unspecified atom stereocenters. The third kappa shape index (κ3) is 6.77. The normalized spacial score (nSPS) is 18.7. The number of unbranched alkanes of at least 4 members (excludes halogenated alkanes) is 2. The predicted octanol–water partition coefficient (Wildman–Crippen LogP) is 7.27. The molecule has 3 aromatic rings. The molecule has 2 aromatic carbocycles. The number of morpholine rings is 1. The fourth-order valence-electron chi connectivity index (χ4n) is 4.84. The number of rotatable bonds is 8. The number of thiazole rings is 1. The Morgan fingerprint density at radius 3 is 2.55 bits per heavy atom. The molecule has 0 saturated carbocycles. The summed E-state index contributed by atoms with van der Waals surface area (Å²) < 4.78 is 46.7. The van der Waals surface area contributed by atoms with Crippen LogP contribution in [-0.2, 0) is 23.9 Å². The average molecular weight is 570 g/mol. The Kier molecular flexibility index (Phi) is 8.86. The van der Waals surface area contributed by atoms with Crippen molar-refractivity contribution in [3.63, 3.8) is 0 Å². The molecule has 2 heterocycles. The average Bonchev–Trinajstić information content (AvgIpc) is 3.22. The smallest absolute Gasteiger partial charge is 0.416 e. The van der Waals surface area contributed by atoms with Crippen molar-refractivity contribution < 1.29 is 27.8 Å². The van der Waals surface area contributed by atoms with Crippen LogP contribution >= 0.6 is 22.9 Å². The fraction of sp³-hybridized carbons (Fsp3) is 0.481. The summed E-state index contributed by atoms with van der Waals surface area (Å²) in [4.78, 5) is 19.7. The Balaban J connectivity index is 1.60. The number of benzene rings is 2. The number of nitrogens with one attached hydrogen (secondary N) is 1. The number of phenolic OH excluding ortho intramolecular Hbond substituents is 1. The molecule has 1 fully saturated rings. The lowest BCUT2D eigenvalue weighted by molar-refractivity contribution is -0.137. The van der Waals surface area contributed by atoms with Gasteiger partial charge in [-0.2, -0.15) is 13.2 Å². The lowest BCUT2D eigenvalue weighted by Gasteiger charge is -2.35. The highest BCUT2D eigenvalue weighted by Crippen LogP contribution is 2.37. The molecule has 1 aliphatic heterocycles. The lowest BCUT2D eigenvalue weighted by Crippen LogP contribution is -2.44. The third-order valence-electron chi connectivity index (χ3n) is 6.46. The minimum atomic E-state index is -4.49. The number of phenols is 1. The highest BCUT2D eigenvalue weighted by molar-refractivity contribution is 7.22. The van der Waals surface area contributed by atoms with Crippen molar-refractivity contribution in [1.82, 2.24) is 9.88 Å². The van der Waals surface area contributed by atoms with Gasteiger partial charge in [0.1, 0.15) is 5.75 Å². The molecule has 2 atom stereocenters. The Morgan fingerprint density at radius 1 is 1.18 bits per heavy atom. The fourth-order valence-corrected chi connectivity index (χ4v) is 6.03. The molecule has 0 spiro atoms. The Bertz CT molecular complexity index is 1300. The van der Waals surface area contributed by atoms with Crippen LogP contribution in [0, 0.1) is 0 Å². The quantitative estimate of drug-likeness (QED) is 0.279. The number of alkyl halides is 3. The third-order valence-corrected chi connectivity index (χ3v) is 7.59. The molecule has 2 N–H and O–H groups in total. The molecular formula is C27H31ClF3N3O3S. The van der Waals surface area contributed by atoms with E-state index in [0.717, 1.165) is 42.7 Å². The van der Waals surface area contributed by atoms with Crippen LogP contribution in [0.4, 0.5) is 18.3 Å². The molecule has 206 valence electrons. The van der Waals surface area contributed by atoms with Gasteiger partial charge in [-0.1, -0.05) is 42.7 Å². The Labute approximate surface area is 228 Å². The van der Waals surface area contributed by atoms with Gasteiger partial charge in [-0.15, -0.1) is 0 Å². The zero-order valence-corrected chi connectivity index (χ0v) is 23.1. The summed E-state index contributed by atoms with van der Waals surface area (Å²) in [5.41, 5.74) is 0.686. The first-order chi connectivity index (χ1) is 17.9. The molecule has 0 aliphatic carbocycles. The largest absolute Gasteiger partial charge is 0.507 e. The standard InChI is InChI=1S/C27H31ClF3N3O3S/c1-4-5-6-7-17-8-19(27(29,30)31)10-22-23(17)32-26(38-22)33-25(36)21-11-20(28)9-18(24(21)35)14-34-12-15(2)37-16(3)13-34/h8-11,15-16,35H,4-7,12-14H2,1-3H3,(H,32,33,36). The van der Waals surface area contributed by atoms with Gasteiger partial charge in [0.25, 0.3) is 5.91 Å². The maximum Gasteiger partial charge on any atom is 0.416 e. The number of aromatic nitrogens is 1. The number of anilines is 1. The molecule has 0 bridgehead atoms. The van der Waals surface area contributed by atoms with E-state index in [1.165, 1.54) is 6.07 Å². The number of ether oxygens (including phenoxy) is 1. The summed E-state index contributed by atoms with van der Waals surface area (Å²) in [6, 6.07) is 5.19. The van der Waals surface area contributed by atoms with Crippen LogP contribution in [0.25, 0.3) is 10.2 Å². The summed E-state index contributed by atoms with van der Waals surface area (Å²) in [6.07, 6.45) is -1.38. The second kappa shape index (κ2) is 11.8. The van der Waals surface area contributed by atoms with Crippen molar-refractivity contribution in [1.29, 1.82) is 0 Å². The molecular weight excluding hydrogens is 539 g/mol. The van der Waals surface area contributed by atoms with Crippen molar-refractivity contribution in [2.75, 3.05) is 18.4 Å². The van der Waals surface area contributed by atoms with Gasteiger partial charge in [0.15, 0.2) is 5.13 Å². The van der Waals surface area contributed by atoms with Gasteiger partial charge in [0.2, 0.25) is 0 Å². The molecule has 38 heavy (non-hydrogen) atoms. The summed E-state index contributed by atoms with van der Waals surface area (Å²) in [7, 11) is 0. The van der Waals surface area contributed by atoms with Crippen LogP contribution in [0.2, 0.25) is 5.02 Å². The Hall–Kier alpha value is -2.40. The van der Waals surface area contributed by atoms with Crippen molar-refractivity contribution in [3.8, 4) is 5.75 Å². The first kappa shape index (κ1) is 28.6. The highest BCUT2D eigenvalue weighted by Gasteiger charge is 2.32. The SMILES string of the molecule is CCCCCc1cc(C(F)(F)F)cc2sc(NC(=O)c3cc(Cl)cc(CN4CC(C)OC(C)C4)c3O)nc12. The van der Waals surface area contributed by atoms with E-state index in [-0.39, 0.29) is 33.7 Å². The molecule has 4 rings (SSSR count). The number of fused-ring (bicyclic) bond motifs is 1. The maximum atomic E-state index is 13.5. The first-order valence-electron chi connectivity index (χ1n) is 12.7. The van der Waals surface area contributed by atoms with Gasteiger partial charge in [0, 0.05) is 30.2 Å². The number of carbonyl (C=O) groups excluding carboxylic acids is 1.